The standard InChI is InChI=1S/C15H24O/c1-11(2)6-5-7-12(3)13-8-9-15(4)14(10-13)16-15/h6-7,13-14H,5,8-10H2,1-4H3/t13?,14-,15-/m0/s1. The van der Waals surface area contributed by atoms with Crippen molar-refractivity contribution in [1.29, 1.82) is 0 Å². The van der Waals surface area contributed by atoms with Crippen LogP contribution in [0.2, 0.25) is 0 Å². The fourth-order valence-electron chi connectivity index (χ4n) is 2.71. The molecule has 1 saturated heterocycles. The molecule has 1 heteroatoms. The van der Waals surface area contributed by atoms with E-state index < -0.39 is 0 Å². The van der Waals surface area contributed by atoms with Crippen LogP contribution in [0.3, 0.4) is 0 Å². The summed E-state index contributed by atoms with van der Waals surface area (Å²) >= 11 is 0. The summed E-state index contributed by atoms with van der Waals surface area (Å²) in [6.45, 7) is 8.87. The van der Waals surface area contributed by atoms with Gasteiger partial charge in [-0.1, -0.05) is 23.3 Å². The van der Waals surface area contributed by atoms with E-state index >= 15 is 0 Å². The highest BCUT2D eigenvalue weighted by Gasteiger charge is 2.55. The maximum absolute atomic E-state index is 5.75. The van der Waals surface area contributed by atoms with Gasteiger partial charge in [-0.15, -0.1) is 0 Å². The number of hydrogen-bond acceptors (Lipinski definition) is 1. The number of allylic oxidation sites excluding steroid dienone is 4. The molecule has 0 aromatic heterocycles. The Hall–Kier alpha value is -0.560. The van der Waals surface area contributed by atoms with Gasteiger partial charge < -0.3 is 4.74 Å². The number of rotatable bonds is 3. The molecular weight excluding hydrogens is 196 g/mol. The molecule has 0 N–H and O–H groups in total. The third-order valence-electron chi connectivity index (χ3n) is 4.13. The fraction of sp³-hybridized carbons (Fsp3) is 0.733. The van der Waals surface area contributed by atoms with Crippen LogP contribution in [-0.4, -0.2) is 11.7 Å². The molecule has 16 heavy (non-hydrogen) atoms. The first-order valence-electron chi connectivity index (χ1n) is 6.49. The largest absolute Gasteiger partial charge is 0.366 e. The minimum Gasteiger partial charge on any atom is -0.366 e. The molecule has 2 rings (SSSR count). The summed E-state index contributed by atoms with van der Waals surface area (Å²) in [5.41, 5.74) is 3.23. The first-order chi connectivity index (χ1) is 7.51. The molecule has 0 aromatic rings. The average Bonchev–Trinajstić information content (AvgIpc) is 2.87. The summed E-state index contributed by atoms with van der Waals surface area (Å²) in [5, 5.41) is 0. The van der Waals surface area contributed by atoms with Crippen molar-refractivity contribution >= 4 is 0 Å². The Kier molecular flexibility index (Phi) is 3.25. The molecule has 0 bridgehead atoms. The van der Waals surface area contributed by atoms with E-state index in [9.17, 15) is 0 Å². The van der Waals surface area contributed by atoms with Crippen molar-refractivity contribution in [2.24, 2.45) is 5.92 Å². The van der Waals surface area contributed by atoms with Crippen LogP contribution in [0.25, 0.3) is 0 Å². The van der Waals surface area contributed by atoms with Crippen LogP contribution in [0.4, 0.5) is 0 Å². The molecule has 1 heterocycles. The van der Waals surface area contributed by atoms with Gasteiger partial charge in [0.1, 0.15) is 0 Å². The van der Waals surface area contributed by atoms with Crippen molar-refractivity contribution in [2.75, 3.05) is 0 Å². The summed E-state index contributed by atoms with van der Waals surface area (Å²) in [4.78, 5) is 0. The van der Waals surface area contributed by atoms with E-state index in [0.29, 0.717) is 6.10 Å². The van der Waals surface area contributed by atoms with Gasteiger partial charge in [-0.25, -0.2) is 0 Å². The normalized spacial score (nSPS) is 37.9. The molecule has 90 valence electrons. The van der Waals surface area contributed by atoms with E-state index in [1.807, 2.05) is 0 Å². The van der Waals surface area contributed by atoms with Gasteiger partial charge in [-0.3, -0.25) is 0 Å². The van der Waals surface area contributed by atoms with Crippen molar-refractivity contribution in [2.45, 2.75) is 65.1 Å². The highest BCUT2D eigenvalue weighted by Crippen LogP contribution is 2.50. The molecule has 1 nitrogen and oxygen atoms in total. The van der Waals surface area contributed by atoms with Crippen LogP contribution in [0.5, 0.6) is 0 Å². The predicted octanol–water partition coefficient (Wildman–Crippen LogP) is 4.25. The Labute approximate surface area is 99.6 Å². The van der Waals surface area contributed by atoms with Crippen LogP contribution in [0.1, 0.15) is 53.4 Å². The zero-order valence-corrected chi connectivity index (χ0v) is 11.0. The second-order valence-electron chi connectivity index (χ2n) is 5.86. The van der Waals surface area contributed by atoms with Crippen molar-refractivity contribution in [3.63, 3.8) is 0 Å². The van der Waals surface area contributed by atoms with Crippen LogP contribution in [0, 0.1) is 5.92 Å². The summed E-state index contributed by atoms with van der Waals surface area (Å²) in [7, 11) is 0. The maximum atomic E-state index is 5.75. The average molecular weight is 220 g/mol. The van der Waals surface area contributed by atoms with Crippen molar-refractivity contribution < 1.29 is 4.74 Å². The topological polar surface area (TPSA) is 12.5 Å². The first kappa shape index (κ1) is 11.9. The molecule has 0 radical (unpaired) electrons. The van der Waals surface area contributed by atoms with Crippen LogP contribution in [0.15, 0.2) is 23.3 Å². The van der Waals surface area contributed by atoms with Crippen LogP contribution >= 0.6 is 0 Å². The molecule has 1 saturated carbocycles. The number of ether oxygens (including phenoxy) is 1. The van der Waals surface area contributed by atoms with Gasteiger partial charge in [-0.2, -0.15) is 0 Å². The lowest BCUT2D eigenvalue weighted by Gasteiger charge is -2.23. The SMILES string of the molecule is CC(C)=CCC=C(C)C1CC[C@]2(C)O[C@H]2C1. The van der Waals surface area contributed by atoms with E-state index in [1.165, 1.54) is 24.8 Å². The molecule has 0 aromatic carbocycles. The minimum absolute atomic E-state index is 0.261. The molecule has 1 unspecified atom stereocenters. The fourth-order valence-corrected chi connectivity index (χ4v) is 2.71. The monoisotopic (exact) mass is 220 g/mol. The van der Waals surface area contributed by atoms with E-state index in [2.05, 4.69) is 39.8 Å². The van der Waals surface area contributed by atoms with E-state index in [1.54, 1.807) is 5.57 Å². The van der Waals surface area contributed by atoms with Gasteiger partial charge >= 0.3 is 0 Å². The number of epoxide rings is 1. The summed E-state index contributed by atoms with van der Waals surface area (Å²) in [5.74, 6) is 0.770. The van der Waals surface area contributed by atoms with Gasteiger partial charge in [0.15, 0.2) is 0 Å². The summed E-state index contributed by atoms with van der Waals surface area (Å²) in [6.07, 6.45) is 10.1. The third kappa shape index (κ3) is 2.57. The lowest BCUT2D eigenvalue weighted by molar-refractivity contribution is 0.303. The molecule has 3 atom stereocenters. The van der Waals surface area contributed by atoms with Gasteiger partial charge in [0, 0.05) is 0 Å². The van der Waals surface area contributed by atoms with Crippen LogP contribution < -0.4 is 0 Å². The maximum Gasteiger partial charge on any atom is 0.0920 e. The highest BCUT2D eigenvalue weighted by atomic mass is 16.6. The Morgan fingerprint density at radius 3 is 2.69 bits per heavy atom. The van der Waals surface area contributed by atoms with Gasteiger partial charge in [0.2, 0.25) is 0 Å². The van der Waals surface area contributed by atoms with Gasteiger partial charge in [0.25, 0.3) is 0 Å². The van der Waals surface area contributed by atoms with E-state index in [4.69, 9.17) is 4.74 Å². The van der Waals surface area contributed by atoms with Gasteiger partial charge in [-0.05, 0) is 59.3 Å². The van der Waals surface area contributed by atoms with Crippen molar-refractivity contribution in [3.8, 4) is 0 Å². The zero-order valence-electron chi connectivity index (χ0n) is 11.0. The summed E-state index contributed by atoms with van der Waals surface area (Å²) < 4.78 is 5.75. The quantitative estimate of drug-likeness (QED) is 0.512. The Bertz CT molecular complexity index is 322. The molecule has 0 spiro atoms. The first-order valence-corrected chi connectivity index (χ1v) is 6.49. The van der Waals surface area contributed by atoms with Crippen molar-refractivity contribution in [3.05, 3.63) is 23.3 Å². The molecule has 2 fully saturated rings. The minimum atomic E-state index is 0.261. The highest BCUT2D eigenvalue weighted by molar-refractivity contribution is 5.14. The van der Waals surface area contributed by atoms with E-state index in [-0.39, 0.29) is 5.60 Å². The lowest BCUT2D eigenvalue weighted by Crippen LogP contribution is -2.21. The van der Waals surface area contributed by atoms with Crippen LogP contribution in [-0.2, 0) is 4.74 Å². The van der Waals surface area contributed by atoms with Gasteiger partial charge in [0.05, 0.1) is 11.7 Å². The second-order valence-corrected chi connectivity index (χ2v) is 5.86. The molecular formula is C15H24O. The smallest absolute Gasteiger partial charge is 0.0920 e. The number of hydrogen-bond donors (Lipinski definition) is 0. The predicted molar refractivity (Wildman–Crippen MR) is 68.4 cm³/mol. The Morgan fingerprint density at radius 1 is 1.31 bits per heavy atom. The molecule has 1 aliphatic carbocycles. The lowest BCUT2D eigenvalue weighted by atomic mass is 9.79. The summed E-state index contributed by atoms with van der Waals surface area (Å²) in [6, 6.07) is 0. The molecule has 1 aliphatic heterocycles. The second kappa shape index (κ2) is 4.37. The Morgan fingerprint density at radius 2 is 2.06 bits per heavy atom. The Balaban J connectivity index is 1.86. The van der Waals surface area contributed by atoms with E-state index in [0.717, 1.165) is 12.3 Å². The van der Waals surface area contributed by atoms with Crippen molar-refractivity contribution in [1.82, 2.24) is 0 Å². The zero-order chi connectivity index (χ0) is 11.8. The molecule has 2 aliphatic rings. The molecule has 0 amide bonds. The number of fused-ring (bicyclic) bond motifs is 1. The third-order valence-corrected chi connectivity index (χ3v) is 4.13.